The Labute approximate surface area is 151 Å². The number of carbonyl (C=O) groups excluding carboxylic acids is 1. The van der Waals surface area contributed by atoms with Gasteiger partial charge in [-0.1, -0.05) is 42.9 Å². The molecule has 0 unspecified atom stereocenters. The number of nitrogens with one attached hydrogen (secondary N) is 2. The van der Waals surface area contributed by atoms with Crippen molar-refractivity contribution in [1.29, 1.82) is 0 Å². The van der Waals surface area contributed by atoms with Gasteiger partial charge in [0.25, 0.3) is 0 Å². The zero-order valence-corrected chi connectivity index (χ0v) is 16.3. The van der Waals surface area contributed by atoms with Gasteiger partial charge in [0.05, 0.1) is 4.90 Å². The van der Waals surface area contributed by atoms with E-state index in [1.807, 2.05) is 26.8 Å². The number of sulfonamides is 1. The lowest BCUT2D eigenvalue weighted by molar-refractivity contribution is -0.116. The number of anilines is 1. The summed E-state index contributed by atoms with van der Waals surface area (Å²) >= 11 is 1.32. The summed E-state index contributed by atoms with van der Waals surface area (Å²) in [5.74, 6) is -0.0671. The van der Waals surface area contributed by atoms with Crippen LogP contribution < -0.4 is 10.0 Å². The maximum atomic E-state index is 12.3. The first-order chi connectivity index (χ1) is 11.7. The number of hydrogen-bond donors (Lipinski definition) is 2. The third-order valence-corrected chi connectivity index (χ3v) is 6.21. The van der Waals surface area contributed by atoms with E-state index in [-0.39, 0.29) is 29.7 Å². The van der Waals surface area contributed by atoms with Crippen LogP contribution in [0.2, 0.25) is 0 Å². The molecule has 25 heavy (non-hydrogen) atoms. The Morgan fingerprint density at radius 1 is 1.24 bits per heavy atom. The van der Waals surface area contributed by atoms with Crippen molar-refractivity contribution in [3.63, 3.8) is 0 Å². The molecule has 0 aliphatic rings. The minimum Gasteiger partial charge on any atom is -0.300 e. The largest absolute Gasteiger partial charge is 0.300 e. The zero-order valence-electron chi connectivity index (χ0n) is 14.7. The van der Waals surface area contributed by atoms with Gasteiger partial charge in [-0.2, -0.15) is 0 Å². The molecule has 0 radical (unpaired) electrons. The maximum absolute atomic E-state index is 12.3. The standard InChI is InChI=1S/C16H22N4O3S2/c1-10(2)15-19-20-16(24-15)18-14(21)7-8-17-25(22,23)13-6-5-11(3)9-12(13)4/h5-6,9-10,17H,7-8H2,1-4H3,(H,18,20,21). The van der Waals surface area contributed by atoms with Crippen molar-refractivity contribution in [2.75, 3.05) is 11.9 Å². The lowest BCUT2D eigenvalue weighted by Crippen LogP contribution is -2.28. The smallest absolute Gasteiger partial charge is 0.240 e. The van der Waals surface area contributed by atoms with Crippen molar-refractivity contribution in [3.05, 3.63) is 34.3 Å². The first-order valence-electron chi connectivity index (χ1n) is 7.89. The van der Waals surface area contributed by atoms with Crippen LogP contribution in [0.25, 0.3) is 0 Å². The van der Waals surface area contributed by atoms with Gasteiger partial charge in [-0.25, -0.2) is 13.1 Å². The van der Waals surface area contributed by atoms with E-state index >= 15 is 0 Å². The van der Waals surface area contributed by atoms with Gasteiger partial charge in [-0.05, 0) is 25.5 Å². The van der Waals surface area contributed by atoms with Crippen molar-refractivity contribution < 1.29 is 13.2 Å². The Hall–Kier alpha value is -1.84. The summed E-state index contributed by atoms with van der Waals surface area (Å²) in [7, 11) is -3.64. The fraction of sp³-hybridized carbons (Fsp3) is 0.438. The molecule has 1 aromatic carbocycles. The van der Waals surface area contributed by atoms with E-state index in [0.717, 1.165) is 10.6 Å². The van der Waals surface area contributed by atoms with Crippen LogP contribution in [-0.2, 0) is 14.8 Å². The molecule has 9 heteroatoms. The molecule has 0 saturated heterocycles. The van der Waals surface area contributed by atoms with Crippen molar-refractivity contribution in [2.24, 2.45) is 0 Å². The summed E-state index contributed by atoms with van der Waals surface area (Å²) in [6, 6.07) is 5.13. The Balaban J connectivity index is 1.89. The normalized spacial score (nSPS) is 11.7. The van der Waals surface area contributed by atoms with Crippen LogP contribution in [0.1, 0.15) is 42.3 Å². The predicted octanol–water partition coefficient (Wildman–Crippen LogP) is 2.59. The summed E-state index contributed by atoms with van der Waals surface area (Å²) in [5, 5.41) is 11.8. The quantitative estimate of drug-likeness (QED) is 0.766. The first kappa shape index (κ1) is 19.5. The van der Waals surface area contributed by atoms with Crippen LogP contribution in [0.5, 0.6) is 0 Å². The number of carbonyl (C=O) groups is 1. The molecule has 0 saturated carbocycles. The molecule has 2 rings (SSSR count). The maximum Gasteiger partial charge on any atom is 0.240 e. The predicted molar refractivity (Wildman–Crippen MR) is 98.3 cm³/mol. The molecule has 0 aliphatic heterocycles. The van der Waals surface area contributed by atoms with Crippen LogP contribution in [0.15, 0.2) is 23.1 Å². The second-order valence-corrected chi connectivity index (χ2v) is 8.81. The Bertz CT molecular complexity index is 860. The summed E-state index contributed by atoms with van der Waals surface area (Å²) in [5.41, 5.74) is 1.67. The summed E-state index contributed by atoms with van der Waals surface area (Å²) < 4.78 is 27.1. The SMILES string of the molecule is Cc1ccc(S(=O)(=O)NCCC(=O)Nc2nnc(C(C)C)s2)c(C)c1. The topological polar surface area (TPSA) is 101 Å². The zero-order chi connectivity index (χ0) is 18.6. The fourth-order valence-corrected chi connectivity index (χ4v) is 4.20. The molecule has 0 spiro atoms. The Morgan fingerprint density at radius 2 is 1.96 bits per heavy atom. The molecule has 0 fully saturated rings. The number of hydrogen-bond acceptors (Lipinski definition) is 6. The van der Waals surface area contributed by atoms with Crippen LogP contribution in [0.3, 0.4) is 0 Å². The molecule has 0 atom stereocenters. The van der Waals surface area contributed by atoms with Gasteiger partial charge >= 0.3 is 0 Å². The Kier molecular flexibility index (Phi) is 6.26. The van der Waals surface area contributed by atoms with Gasteiger partial charge < -0.3 is 5.32 Å². The first-order valence-corrected chi connectivity index (χ1v) is 10.2. The highest BCUT2D eigenvalue weighted by atomic mass is 32.2. The number of aromatic nitrogens is 2. The molecule has 0 bridgehead atoms. The average molecular weight is 383 g/mol. The highest BCUT2D eigenvalue weighted by Crippen LogP contribution is 2.22. The third kappa shape index (κ3) is 5.32. The second kappa shape index (κ2) is 8.03. The van der Waals surface area contributed by atoms with E-state index in [9.17, 15) is 13.2 Å². The minimum absolute atomic E-state index is 0.0112. The monoisotopic (exact) mass is 382 g/mol. The number of nitrogens with zero attached hydrogens (tertiary/aromatic N) is 2. The van der Waals surface area contributed by atoms with Crippen LogP contribution in [0, 0.1) is 13.8 Å². The van der Waals surface area contributed by atoms with E-state index in [4.69, 9.17) is 0 Å². The van der Waals surface area contributed by atoms with Gasteiger partial charge in [0.2, 0.25) is 21.1 Å². The molecular weight excluding hydrogens is 360 g/mol. The molecule has 1 heterocycles. The number of rotatable bonds is 7. The molecule has 0 aliphatic carbocycles. The number of aryl methyl sites for hydroxylation is 2. The second-order valence-electron chi connectivity index (χ2n) is 6.07. The van der Waals surface area contributed by atoms with Gasteiger partial charge in [0.1, 0.15) is 5.01 Å². The van der Waals surface area contributed by atoms with Gasteiger partial charge in [0.15, 0.2) is 0 Å². The fourth-order valence-electron chi connectivity index (χ4n) is 2.18. The lowest BCUT2D eigenvalue weighted by Gasteiger charge is -2.09. The van der Waals surface area contributed by atoms with Crippen molar-refractivity contribution >= 4 is 32.4 Å². The highest BCUT2D eigenvalue weighted by Gasteiger charge is 2.17. The van der Waals surface area contributed by atoms with Crippen molar-refractivity contribution in [1.82, 2.24) is 14.9 Å². The van der Waals surface area contributed by atoms with Crippen molar-refractivity contribution in [2.45, 2.75) is 44.9 Å². The van der Waals surface area contributed by atoms with E-state index in [1.54, 1.807) is 19.1 Å². The van der Waals surface area contributed by atoms with E-state index < -0.39 is 10.0 Å². The molecule has 2 aromatic rings. The number of benzene rings is 1. The Morgan fingerprint density at radius 3 is 2.56 bits per heavy atom. The average Bonchev–Trinajstić information content (AvgIpc) is 2.95. The highest BCUT2D eigenvalue weighted by molar-refractivity contribution is 7.89. The molecule has 136 valence electrons. The molecular formula is C16H22N4O3S2. The van der Waals surface area contributed by atoms with Crippen LogP contribution in [-0.4, -0.2) is 31.1 Å². The molecule has 1 amide bonds. The van der Waals surface area contributed by atoms with Crippen LogP contribution >= 0.6 is 11.3 Å². The van der Waals surface area contributed by atoms with E-state index in [0.29, 0.717) is 10.7 Å². The van der Waals surface area contributed by atoms with E-state index in [2.05, 4.69) is 20.2 Å². The van der Waals surface area contributed by atoms with Gasteiger partial charge in [-0.15, -0.1) is 10.2 Å². The van der Waals surface area contributed by atoms with Gasteiger partial charge in [-0.3, -0.25) is 4.79 Å². The van der Waals surface area contributed by atoms with Crippen molar-refractivity contribution in [3.8, 4) is 0 Å². The molecule has 1 aromatic heterocycles. The van der Waals surface area contributed by atoms with E-state index in [1.165, 1.54) is 11.3 Å². The van der Waals surface area contributed by atoms with Gasteiger partial charge in [0, 0.05) is 18.9 Å². The third-order valence-electron chi connectivity index (χ3n) is 3.44. The lowest BCUT2D eigenvalue weighted by atomic mass is 10.2. The number of amides is 1. The van der Waals surface area contributed by atoms with Crippen LogP contribution in [0.4, 0.5) is 5.13 Å². The molecule has 7 nitrogen and oxygen atoms in total. The molecule has 2 N–H and O–H groups in total. The summed E-state index contributed by atoms with van der Waals surface area (Å²) in [6.07, 6.45) is 0.0146. The minimum atomic E-state index is -3.64. The summed E-state index contributed by atoms with van der Waals surface area (Å²) in [6.45, 7) is 7.65. The summed E-state index contributed by atoms with van der Waals surface area (Å²) in [4.78, 5) is 12.1.